The van der Waals surface area contributed by atoms with Crippen LogP contribution in [-0.2, 0) is 6.54 Å². The molecule has 0 atom stereocenters. The molecule has 3 aromatic rings. The Hall–Kier alpha value is -2.24. The first kappa shape index (κ1) is 17.2. The minimum Gasteiger partial charge on any atom is -0.357 e. The van der Waals surface area contributed by atoms with E-state index in [0.717, 1.165) is 30.5 Å². The molecule has 0 aliphatic carbocycles. The van der Waals surface area contributed by atoms with Gasteiger partial charge in [-0.1, -0.05) is 36.4 Å². The van der Waals surface area contributed by atoms with Crippen molar-refractivity contribution in [3.05, 3.63) is 65.8 Å². The normalized spacial score (nSPS) is 15.5. The maximum absolute atomic E-state index is 4.61. The number of anilines is 1. The van der Waals surface area contributed by atoms with Crippen LogP contribution < -0.4 is 4.90 Å². The standard InChI is InChI=1S/C21H24N4S/c1-24(16-19-15-23-21(26-19)17-7-3-2-4-8-17)18-10-13-25(14-11-18)20-9-5-6-12-22-20/h2-9,12,15,18H,10-11,13-14,16H2,1H3. The van der Waals surface area contributed by atoms with E-state index < -0.39 is 0 Å². The van der Waals surface area contributed by atoms with Gasteiger partial charge in [-0.25, -0.2) is 9.97 Å². The predicted octanol–water partition coefficient (Wildman–Crippen LogP) is 4.31. The van der Waals surface area contributed by atoms with Crippen molar-refractivity contribution in [1.82, 2.24) is 14.9 Å². The number of nitrogens with zero attached hydrogens (tertiary/aromatic N) is 4. The quantitative estimate of drug-likeness (QED) is 0.675. The van der Waals surface area contributed by atoms with Crippen LogP contribution in [0.2, 0.25) is 0 Å². The van der Waals surface area contributed by atoms with E-state index in [1.165, 1.54) is 23.3 Å². The molecule has 1 aliphatic heterocycles. The van der Waals surface area contributed by atoms with Crippen molar-refractivity contribution in [2.75, 3.05) is 25.0 Å². The van der Waals surface area contributed by atoms with Gasteiger partial charge in [0.1, 0.15) is 10.8 Å². The molecular formula is C21H24N4S. The van der Waals surface area contributed by atoms with Crippen molar-refractivity contribution >= 4 is 17.2 Å². The van der Waals surface area contributed by atoms with E-state index in [1.54, 1.807) is 11.3 Å². The van der Waals surface area contributed by atoms with E-state index in [0.29, 0.717) is 6.04 Å². The number of pyridine rings is 1. The van der Waals surface area contributed by atoms with Crippen LogP contribution >= 0.6 is 11.3 Å². The number of piperidine rings is 1. The summed E-state index contributed by atoms with van der Waals surface area (Å²) in [7, 11) is 2.24. The van der Waals surface area contributed by atoms with Gasteiger partial charge in [0.15, 0.2) is 0 Å². The largest absolute Gasteiger partial charge is 0.357 e. The molecule has 1 aliphatic rings. The number of benzene rings is 1. The lowest BCUT2D eigenvalue weighted by Crippen LogP contribution is -2.43. The minimum atomic E-state index is 0.622. The highest BCUT2D eigenvalue weighted by Crippen LogP contribution is 2.27. The van der Waals surface area contributed by atoms with E-state index in [9.17, 15) is 0 Å². The number of thiazole rings is 1. The molecule has 1 saturated heterocycles. The predicted molar refractivity (Wildman–Crippen MR) is 108 cm³/mol. The second kappa shape index (κ2) is 7.98. The molecule has 1 fully saturated rings. The molecule has 0 unspecified atom stereocenters. The number of hydrogen-bond donors (Lipinski definition) is 0. The lowest BCUT2D eigenvalue weighted by molar-refractivity contribution is 0.201. The Kier molecular flexibility index (Phi) is 5.27. The fourth-order valence-corrected chi connectivity index (χ4v) is 4.53. The van der Waals surface area contributed by atoms with Gasteiger partial charge in [-0.05, 0) is 32.0 Å². The minimum absolute atomic E-state index is 0.622. The number of rotatable bonds is 5. The Labute approximate surface area is 159 Å². The zero-order valence-corrected chi connectivity index (χ0v) is 15.9. The molecule has 134 valence electrons. The highest BCUT2D eigenvalue weighted by molar-refractivity contribution is 7.15. The molecular weight excluding hydrogens is 340 g/mol. The third-order valence-electron chi connectivity index (χ3n) is 5.04. The highest BCUT2D eigenvalue weighted by atomic mass is 32.1. The Morgan fingerprint density at radius 2 is 1.81 bits per heavy atom. The second-order valence-electron chi connectivity index (χ2n) is 6.82. The van der Waals surface area contributed by atoms with E-state index in [-0.39, 0.29) is 0 Å². The smallest absolute Gasteiger partial charge is 0.128 e. The van der Waals surface area contributed by atoms with Gasteiger partial charge in [0.25, 0.3) is 0 Å². The Morgan fingerprint density at radius 1 is 1.04 bits per heavy atom. The molecule has 26 heavy (non-hydrogen) atoms. The molecule has 2 aromatic heterocycles. The summed E-state index contributed by atoms with van der Waals surface area (Å²) in [5, 5.41) is 1.11. The zero-order chi connectivity index (χ0) is 17.8. The van der Waals surface area contributed by atoms with Gasteiger partial charge >= 0.3 is 0 Å². The van der Waals surface area contributed by atoms with Crippen molar-refractivity contribution in [2.24, 2.45) is 0 Å². The van der Waals surface area contributed by atoms with Crippen LogP contribution in [0.3, 0.4) is 0 Å². The van der Waals surface area contributed by atoms with E-state index >= 15 is 0 Å². The maximum Gasteiger partial charge on any atom is 0.128 e. The van der Waals surface area contributed by atoms with Crippen LogP contribution in [0.5, 0.6) is 0 Å². The van der Waals surface area contributed by atoms with Gasteiger partial charge in [-0.2, -0.15) is 0 Å². The molecule has 4 nitrogen and oxygen atoms in total. The van der Waals surface area contributed by atoms with Gasteiger partial charge in [-0.3, -0.25) is 4.90 Å². The lowest BCUT2D eigenvalue weighted by Gasteiger charge is -2.37. The highest BCUT2D eigenvalue weighted by Gasteiger charge is 2.23. The molecule has 4 rings (SSSR count). The average Bonchev–Trinajstić information content (AvgIpc) is 3.18. The Morgan fingerprint density at radius 3 is 2.54 bits per heavy atom. The number of hydrogen-bond acceptors (Lipinski definition) is 5. The fourth-order valence-electron chi connectivity index (χ4n) is 3.55. The summed E-state index contributed by atoms with van der Waals surface area (Å²) < 4.78 is 0. The molecule has 0 N–H and O–H groups in total. The van der Waals surface area contributed by atoms with Crippen molar-refractivity contribution in [3.63, 3.8) is 0 Å². The summed E-state index contributed by atoms with van der Waals surface area (Å²) in [4.78, 5) is 15.3. The molecule has 0 spiro atoms. The van der Waals surface area contributed by atoms with Crippen LogP contribution in [-0.4, -0.2) is 41.0 Å². The Balaban J connectivity index is 1.33. The molecule has 3 heterocycles. The third-order valence-corrected chi connectivity index (χ3v) is 6.07. The van der Waals surface area contributed by atoms with Crippen molar-refractivity contribution in [1.29, 1.82) is 0 Å². The fraction of sp³-hybridized carbons (Fsp3) is 0.333. The van der Waals surface area contributed by atoms with Crippen molar-refractivity contribution in [3.8, 4) is 10.6 Å². The second-order valence-corrected chi connectivity index (χ2v) is 7.93. The summed E-state index contributed by atoms with van der Waals surface area (Å²) in [5.41, 5.74) is 1.20. The summed E-state index contributed by atoms with van der Waals surface area (Å²) in [6.07, 6.45) is 6.27. The molecule has 0 saturated carbocycles. The van der Waals surface area contributed by atoms with Gasteiger partial charge in [-0.15, -0.1) is 11.3 Å². The number of aromatic nitrogens is 2. The maximum atomic E-state index is 4.61. The van der Waals surface area contributed by atoms with Gasteiger partial charge in [0.2, 0.25) is 0 Å². The van der Waals surface area contributed by atoms with Crippen LogP contribution in [0.25, 0.3) is 10.6 Å². The van der Waals surface area contributed by atoms with Gasteiger partial charge in [0, 0.05) is 48.5 Å². The SMILES string of the molecule is CN(Cc1cnc(-c2ccccc2)s1)C1CCN(c2ccccn2)CC1. The summed E-state index contributed by atoms with van der Waals surface area (Å²) >= 11 is 1.80. The third kappa shape index (κ3) is 3.94. The first-order valence-corrected chi connectivity index (χ1v) is 9.97. The lowest BCUT2D eigenvalue weighted by atomic mass is 10.0. The van der Waals surface area contributed by atoms with Crippen molar-refractivity contribution in [2.45, 2.75) is 25.4 Å². The van der Waals surface area contributed by atoms with E-state index in [2.05, 4.69) is 63.2 Å². The average molecular weight is 365 g/mol. The topological polar surface area (TPSA) is 32.3 Å². The molecule has 0 bridgehead atoms. The summed E-state index contributed by atoms with van der Waals surface area (Å²) in [6, 6.07) is 17.2. The zero-order valence-electron chi connectivity index (χ0n) is 15.1. The van der Waals surface area contributed by atoms with Crippen LogP contribution in [0.15, 0.2) is 60.9 Å². The molecule has 0 amide bonds. The molecule has 0 radical (unpaired) electrons. The Bertz CT molecular complexity index is 810. The summed E-state index contributed by atoms with van der Waals surface area (Å²) in [5.74, 6) is 1.10. The van der Waals surface area contributed by atoms with Gasteiger partial charge in [0.05, 0.1) is 0 Å². The molecule has 5 heteroatoms. The van der Waals surface area contributed by atoms with Crippen molar-refractivity contribution < 1.29 is 0 Å². The first-order chi connectivity index (χ1) is 12.8. The van der Waals surface area contributed by atoms with Gasteiger partial charge < -0.3 is 4.90 Å². The summed E-state index contributed by atoms with van der Waals surface area (Å²) in [6.45, 7) is 3.12. The molecule has 1 aromatic carbocycles. The van der Waals surface area contributed by atoms with E-state index in [4.69, 9.17) is 0 Å². The van der Waals surface area contributed by atoms with Crippen LogP contribution in [0.4, 0.5) is 5.82 Å². The van der Waals surface area contributed by atoms with Crippen LogP contribution in [0, 0.1) is 0 Å². The van der Waals surface area contributed by atoms with E-state index in [1.807, 2.05) is 24.5 Å². The monoisotopic (exact) mass is 364 g/mol. The first-order valence-electron chi connectivity index (χ1n) is 9.16. The van der Waals surface area contributed by atoms with Crippen LogP contribution in [0.1, 0.15) is 17.7 Å².